The first-order chi connectivity index (χ1) is 6.49. The van der Waals surface area contributed by atoms with Crippen molar-refractivity contribution in [2.24, 2.45) is 0 Å². The Bertz CT molecular complexity index is 374. The molecule has 0 saturated heterocycles. The summed E-state index contributed by atoms with van der Waals surface area (Å²) in [5.74, 6) is 0. The van der Waals surface area contributed by atoms with Gasteiger partial charge in [-0.15, -0.1) is 0 Å². The Morgan fingerprint density at radius 2 is 2.00 bits per heavy atom. The van der Waals surface area contributed by atoms with Crippen molar-refractivity contribution in [3.05, 3.63) is 34.9 Å². The van der Waals surface area contributed by atoms with Crippen molar-refractivity contribution in [2.75, 3.05) is 0 Å². The van der Waals surface area contributed by atoms with Gasteiger partial charge in [-0.2, -0.15) is 5.26 Å². The Kier molecular flexibility index (Phi) is 2.93. The molecule has 0 aromatic heterocycles. The molecule has 14 heavy (non-hydrogen) atoms. The van der Waals surface area contributed by atoms with E-state index in [2.05, 4.69) is 6.07 Å². The van der Waals surface area contributed by atoms with Crippen molar-refractivity contribution in [1.82, 2.24) is 0 Å². The zero-order valence-corrected chi connectivity index (χ0v) is 8.83. The molecule has 0 saturated carbocycles. The van der Waals surface area contributed by atoms with Crippen LogP contribution in [0.3, 0.4) is 0 Å². The van der Waals surface area contributed by atoms with Crippen molar-refractivity contribution in [3.8, 4) is 6.07 Å². The van der Waals surface area contributed by atoms with Crippen LogP contribution in [0.4, 0.5) is 0 Å². The highest BCUT2D eigenvalue weighted by Gasteiger charge is 2.20. The summed E-state index contributed by atoms with van der Waals surface area (Å²) in [6, 6.07) is 8.06. The number of benzene rings is 1. The van der Waals surface area contributed by atoms with Crippen molar-refractivity contribution < 1.29 is 5.11 Å². The number of hydrogen-bond acceptors (Lipinski definition) is 2. The molecule has 0 spiro atoms. The highest BCUT2D eigenvalue weighted by Crippen LogP contribution is 2.24. The number of nitrogens with zero attached hydrogens (tertiary/aromatic N) is 1. The molecule has 2 nitrogen and oxygen atoms in total. The minimum atomic E-state index is -0.490. The first-order valence-corrected chi connectivity index (χ1v) is 4.63. The van der Waals surface area contributed by atoms with Crippen LogP contribution in [0.25, 0.3) is 0 Å². The molecule has 0 unspecified atom stereocenters. The average Bonchev–Trinajstić information content (AvgIpc) is 2.16. The van der Waals surface area contributed by atoms with Crippen LogP contribution >= 0.6 is 0 Å². The quantitative estimate of drug-likeness (QED) is 0.775. The predicted molar refractivity (Wildman–Crippen MR) is 55.7 cm³/mol. The number of aliphatic hydroxyl groups is 1. The molecular formula is C12H15NO. The maximum Gasteiger partial charge on any atom is 0.0766 e. The van der Waals surface area contributed by atoms with Gasteiger partial charge in [0.15, 0.2) is 0 Å². The molecule has 1 aromatic rings. The number of aliphatic hydroxyl groups excluding tert-OH is 1. The fourth-order valence-electron chi connectivity index (χ4n) is 1.38. The minimum absolute atomic E-state index is 0.0240. The predicted octanol–water partition coefficient (Wildman–Crippen LogP) is 2.29. The summed E-state index contributed by atoms with van der Waals surface area (Å²) in [6.45, 7) is 5.75. The Morgan fingerprint density at radius 3 is 2.50 bits per heavy atom. The van der Waals surface area contributed by atoms with Crippen molar-refractivity contribution in [3.63, 3.8) is 0 Å². The van der Waals surface area contributed by atoms with E-state index < -0.39 is 5.41 Å². The van der Waals surface area contributed by atoms with Crippen molar-refractivity contribution >= 4 is 0 Å². The van der Waals surface area contributed by atoms with Crippen LogP contribution in [0.15, 0.2) is 18.2 Å². The Labute approximate surface area is 84.8 Å². The van der Waals surface area contributed by atoms with Crippen molar-refractivity contribution in [1.29, 1.82) is 5.26 Å². The lowest BCUT2D eigenvalue weighted by molar-refractivity contribution is 0.281. The van der Waals surface area contributed by atoms with Crippen LogP contribution in [-0.2, 0) is 12.0 Å². The van der Waals surface area contributed by atoms with Gasteiger partial charge in [0, 0.05) is 0 Å². The second-order valence-electron chi connectivity index (χ2n) is 4.10. The number of rotatable bonds is 2. The molecule has 0 aliphatic rings. The molecule has 0 atom stereocenters. The van der Waals surface area contributed by atoms with Crippen LogP contribution in [0.1, 0.15) is 30.5 Å². The summed E-state index contributed by atoms with van der Waals surface area (Å²) in [4.78, 5) is 0. The van der Waals surface area contributed by atoms with Gasteiger partial charge in [-0.25, -0.2) is 0 Å². The molecule has 0 fully saturated rings. The normalized spacial score (nSPS) is 11.1. The molecule has 1 aromatic carbocycles. The monoisotopic (exact) mass is 189 g/mol. The van der Waals surface area contributed by atoms with Crippen LogP contribution in [0.5, 0.6) is 0 Å². The number of hydrogen-bond donors (Lipinski definition) is 1. The molecule has 2 heteroatoms. The summed E-state index contributed by atoms with van der Waals surface area (Å²) in [5.41, 5.74) is 2.41. The van der Waals surface area contributed by atoms with Gasteiger partial charge in [0.2, 0.25) is 0 Å². The van der Waals surface area contributed by atoms with E-state index in [1.807, 2.05) is 39.0 Å². The molecular weight excluding hydrogens is 174 g/mol. The molecule has 1 rings (SSSR count). The summed E-state index contributed by atoms with van der Waals surface area (Å²) in [6.07, 6.45) is 0. The number of nitriles is 1. The second kappa shape index (κ2) is 3.81. The van der Waals surface area contributed by atoms with Crippen LogP contribution in [0, 0.1) is 18.3 Å². The first kappa shape index (κ1) is 10.7. The molecule has 0 radical (unpaired) electrons. The summed E-state index contributed by atoms with van der Waals surface area (Å²) >= 11 is 0. The molecule has 0 aliphatic heterocycles. The van der Waals surface area contributed by atoms with Crippen LogP contribution in [0.2, 0.25) is 0 Å². The zero-order chi connectivity index (χ0) is 10.8. The molecule has 0 amide bonds. The summed E-state index contributed by atoms with van der Waals surface area (Å²) in [7, 11) is 0. The van der Waals surface area contributed by atoms with Gasteiger partial charge in [0.25, 0.3) is 0 Å². The Balaban J connectivity index is 3.24. The Morgan fingerprint density at radius 1 is 1.36 bits per heavy atom. The van der Waals surface area contributed by atoms with E-state index >= 15 is 0 Å². The van der Waals surface area contributed by atoms with Gasteiger partial charge in [-0.3, -0.25) is 0 Å². The van der Waals surface area contributed by atoms with Crippen LogP contribution in [-0.4, -0.2) is 5.11 Å². The SMILES string of the molecule is Cc1cc(CO)cc(C(C)(C)C#N)c1. The molecule has 74 valence electrons. The van der Waals surface area contributed by atoms with Gasteiger partial charge in [0.1, 0.15) is 0 Å². The van der Waals surface area contributed by atoms with E-state index in [0.717, 1.165) is 16.7 Å². The largest absolute Gasteiger partial charge is 0.392 e. The zero-order valence-electron chi connectivity index (χ0n) is 8.83. The van der Waals surface area contributed by atoms with Gasteiger partial charge < -0.3 is 5.11 Å². The minimum Gasteiger partial charge on any atom is -0.392 e. The lowest BCUT2D eigenvalue weighted by Gasteiger charge is -2.17. The average molecular weight is 189 g/mol. The molecule has 0 heterocycles. The lowest BCUT2D eigenvalue weighted by Crippen LogP contribution is -2.14. The van der Waals surface area contributed by atoms with E-state index in [1.165, 1.54) is 0 Å². The summed E-state index contributed by atoms with van der Waals surface area (Å²) in [5, 5.41) is 18.0. The third kappa shape index (κ3) is 2.12. The van der Waals surface area contributed by atoms with E-state index in [0.29, 0.717) is 0 Å². The van der Waals surface area contributed by atoms with Gasteiger partial charge >= 0.3 is 0 Å². The van der Waals surface area contributed by atoms with E-state index in [-0.39, 0.29) is 6.61 Å². The number of aryl methyl sites for hydroxylation is 1. The standard InChI is InChI=1S/C12H15NO/c1-9-4-10(7-14)6-11(5-9)12(2,3)8-13/h4-6,14H,7H2,1-3H3. The third-order valence-corrected chi connectivity index (χ3v) is 2.32. The first-order valence-electron chi connectivity index (χ1n) is 4.63. The smallest absolute Gasteiger partial charge is 0.0766 e. The second-order valence-corrected chi connectivity index (χ2v) is 4.10. The van der Waals surface area contributed by atoms with Gasteiger partial charge in [-0.1, -0.05) is 23.8 Å². The lowest BCUT2D eigenvalue weighted by atomic mass is 9.84. The van der Waals surface area contributed by atoms with Gasteiger partial charge in [0.05, 0.1) is 18.1 Å². The molecule has 0 aliphatic carbocycles. The highest BCUT2D eigenvalue weighted by atomic mass is 16.3. The maximum absolute atomic E-state index is 9.04. The van der Waals surface area contributed by atoms with Crippen molar-refractivity contribution in [2.45, 2.75) is 32.8 Å². The van der Waals surface area contributed by atoms with Crippen LogP contribution < -0.4 is 0 Å². The molecule has 0 bridgehead atoms. The maximum atomic E-state index is 9.04. The fourth-order valence-corrected chi connectivity index (χ4v) is 1.38. The third-order valence-electron chi connectivity index (χ3n) is 2.32. The van der Waals surface area contributed by atoms with E-state index in [9.17, 15) is 0 Å². The fraction of sp³-hybridized carbons (Fsp3) is 0.417. The van der Waals surface area contributed by atoms with E-state index in [4.69, 9.17) is 10.4 Å². The van der Waals surface area contributed by atoms with E-state index in [1.54, 1.807) is 0 Å². The van der Waals surface area contributed by atoms with Gasteiger partial charge in [-0.05, 0) is 31.9 Å². The topological polar surface area (TPSA) is 44.0 Å². The molecule has 1 N–H and O–H groups in total. The highest BCUT2D eigenvalue weighted by molar-refractivity contribution is 5.37. The Hall–Kier alpha value is -1.33. The summed E-state index contributed by atoms with van der Waals surface area (Å²) < 4.78 is 0.